The van der Waals surface area contributed by atoms with E-state index >= 15 is 0 Å². The van der Waals surface area contributed by atoms with Crippen molar-refractivity contribution in [2.24, 2.45) is 0 Å². The minimum Gasteiger partial charge on any atom is -0.476 e. The average Bonchev–Trinajstić information content (AvgIpc) is 2.60. The second kappa shape index (κ2) is 4.59. The van der Waals surface area contributed by atoms with Crippen LogP contribution in [0.5, 0.6) is 0 Å². The van der Waals surface area contributed by atoms with Crippen LogP contribution in [0.4, 0.5) is 4.39 Å². The quantitative estimate of drug-likeness (QED) is 0.922. The second-order valence-electron chi connectivity index (χ2n) is 3.56. The number of rotatable bonds is 2. The van der Waals surface area contributed by atoms with Gasteiger partial charge in [0.15, 0.2) is 5.69 Å². The molecule has 18 heavy (non-hydrogen) atoms. The molecule has 0 amide bonds. The molecule has 0 spiro atoms. The molecule has 0 unspecified atom stereocenters. The summed E-state index contributed by atoms with van der Waals surface area (Å²) in [5.74, 6) is -1.85. The van der Waals surface area contributed by atoms with Crippen LogP contribution in [0.25, 0.3) is 5.69 Å². The van der Waals surface area contributed by atoms with Gasteiger partial charge in [0.05, 0.1) is 21.4 Å². The standard InChI is InChI=1S/C11H7Cl2FN2O2/c1-5-9(13)10(11(17)18)15-16(5)6-2-3-7(12)8(14)4-6/h2-4H,1H3,(H,17,18). The Kier molecular flexibility index (Phi) is 3.28. The number of halogens is 3. The van der Waals surface area contributed by atoms with Crippen molar-refractivity contribution in [3.05, 3.63) is 45.4 Å². The van der Waals surface area contributed by atoms with Gasteiger partial charge in [-0.05, 0) is 19.1 Å². The summed E-state index contributed by atoms with van der Waals surface area (Å²) < 4.78 is 14.6. The van der Waals surface area contributed by atoms with Crippen LogP contribution in [0.2, 0.25) is 10.0 Å². The van der Waals surface area contributed by atoms with Crippen LogP contribution < -0.4 is 0 Å². The zero-order valence-corrected chi connectivity index (χ0v) is 10.6. The molecule has 1 aromatic heterocycles. The summed E-state index contributed by atoms with van der Waals surface area (Å²) in [6.07, 6.45) is 0. The molecule has 0 saturated heterocycles. The molecular weight excluding hydrogens is 282 g/mol. The molecule has 0 saturated carbocycles. The minimum absolute atomic E-state index is 0.0203. The summed E-state index contributed by atoms with van der Waals surface area (Å²) in [5, 5.41) is 12.7. The third-order valence-electron chi connectivity index (χ3n) is 2.39. The fraction of sp³-hybridized carbons (Fsp3) is 0.0909. The van der Waals surface area contributed by atoms with E-state index in [0.717, 1.165) is 6.07 Å². The molecule has 4 nitrogen and oxygen atoms in total. The number of carboxylic acids is 1. The summed E-state index contributed by atoms with van der Waals surface area (Å²) in [6.45, 7) is 1.59. The SMILES string of the molecule is Cc1c(Cl)c(C(=O)O)nn1-c1ccc(Cl)c(F)c1. The number of hydrogen-bond donors (Lipinski definition) is 1. The van der Waals surface area contributed by atoms with Crippen LogP contribution in [-0.2, 0) is 0 Å². The van der Waals surface area contributed by atoms with Gasteiger partial charge in [0.1, 0.15) is 5.82 Å². The van der Waals surface area contributed by atoms with Gasteiger partial charge in [0.25, 0.3) is 0 Å². The summed E-state index contributed by atoms with van der Waals surface area (Å²) in [7, 11) is 0. The van der Waals surface area contributed by atoms with E-state index < -0.39 is 11.8 Å². The molecule has 0 atom stereocenters. The van der Waals surface area contributed by atoms with Crippen molar-refractivity contribution in [1.82, 2.24) is 9.78 Å². The van der Waals surface area contributed by atoms with Crippen LogP contribution >= 0.6 is 23.2 Å². The number of benzene rings is 1. The Morgan fingerprint density at radius 1 is 1.44 bits per heavy atom. The van der Waals surface area contributed by atoms with Crippen LogP contribution in [0.1, 0.15) is 16.2 Å². The van der Waals surface area contributed by atoms with E-state index in [2.05, 4.69) is 5.10 Å². The lowest BCUT2D eigenvalue weighted by molar-refractivity contribution is 0.0690. The molecule has 7 heteroatoms. The van der Waals surface area contributed by atoms with Crippen LogP contribution in [0, 0.1) is 12.7 Å². The van der Waals surface area contributed by atoms with E-state index in [0.29, 0.717) is 11.4 Å². The largest absolute Gasteiger partial charge is 0.476 e. The fourth-order valence-electron chi connectivity index (χ4n) is 1.49. The van der Waals surface area contributed by atoms with Crippen molar-refractivity contribution in [3.63, 3.8) is 0 Å². The number of hydrogen-bond acceptors (Lipinski definition) is 2. The van der Waals surface area contributed by atoms with Gasteiger partial charge in [-0.3, -0.25) is 0 Å². The predicted octanol–water partition coefficient (Wildman–Crippen LogP) is 3.32. The van der Waals surface area contributed by atoms with E-state index in [1.807, 2.05) is 0 Å². The van der Waals surface area contributed by atoms with Crippen molar-refractivity contribution in [3.8, 4) is 5.69 Å². The highest BCUT2D eigenvalue weighted by Gasteiger charge is 2.19. The van der Waals surface area contributed by atoms with Gasteiger partial charge in [0, 0.05) is 6.07 Å². The van der Waals surface area contributed by atoms with E-state index in [9.17, 15) is 9.18 Å². The number of aromatic nitrogens is 2. The van der Waals surface area contributed by atoms with E-state index in [1.165, 1.54) is 16.8 Å². The number of carbonyl (C=O) groups is 1. The summed E-state index contributed by atoms with van der Waals surface area (Å²) in [5.41, 5.74) is 0.490. The molecule has 0 aliphatic heterocycles. The molecule has 0 aliphatic rings. The second-order valence-corrected chi connectivity index (χ2v) is 4.35. The molecule has 94 valence electrons. The Hall–Kier alpha value is -1.59. The lowest BCUT2D eigenvalue weighted by Gasteiger charge is -2.04. The number of carboxylic acid groups (broad SMARTS) is 1. The summed E-state index contributed by atoms with van der Waals surface area (Å²) >= 11 is 11.4. The minimum atomic E-state index is -1.24. The summed E-state index contributed by atoms with van der Waals surface area (Å²) in [6, 6.07) is 4.04. The van der Waals surface area contributed by atoms with Crippen molar-refractivity contribution in [2.45, 2.75) is 6.92 Å². The van der Waals surface area contributed by atoms with Gasteiger partial charge in [-0.1, -0.05) is 23.2 Å². The van der Waals surface area contributed by atoms with E-state index in [-0.39, 0.29) is 15.7 Å². The Bertz CT molecular complexity index is 640. The predicted molar refractivity (Wildman–Crippen MR) is 65.2 cm³/mol. The Morgan fingerprint density at radius 2 is 2.11 bits per heavy atom. The maximum Gasteiger partial charge on any atom is 0.358 e. The molecular formula is C11H7Cl2FN2O2. The van der Waals surface area contributed by atoms with Gasteiger partial charge in [-0.25, -0.2) is 13.9 Å². The average molecular weight is 289 g/mol. The van der Waals surface area contributed by atoms with Gasteiger partial charge >= 0.3 is 5.97 Å². The Morgan fingerprint density at radius 3 is 2.61 bits per heavy atom. The molecule has 2 aromatic rings. The molecule has 0 bridgehead atoms. The third kappa shape index (κ3) is 2.07. The highest BCUT2D eigenvalue weighted by molar-refractivity contribution is 6.34. The molecule has 1 heterocycles. The first-order chi connectivity index (χ1) is 8.41. The number of nitrogens with zero attached hydrogens (tertiary/aromatic N) is 2. The Balaban J connectivity index is 2.61. The first-order valence-corrected chi connectivity index (χ1v) is 5.61. The van der Waals surface area contributed by atoms with E-state index in [1.54, 1.807) is 6.92 Å². The normalized spacial score (nSPS) is 10.7. The number of aromatic carboxylic acids is 1. The van der Waals surface area contributed by atoms with Crippen molar-refractivity contribution >= 4 is 29.2 Å². The maximum atomic E-state index is 13.3. The van der Waals surface area contributed by atoms with Crippen molar-refractivity contribution < 1.29 is 14.3 Å². The van der Waals surface area contributed by atoms with Gasteiger partial charge in [-0.2, -0.15) is 5.10 Å². The third-order valence-corrected chi connectivity index (χ3v) is 3.15. The van der Waals surface area contributed by atoms with Crippen LogP contribution in [0.3, 0.4) is 0 Å². The highest BCUT2D eigenvalue weighted by atomic mass is 35.5. The molecule has 0 fully saturated rings. The Labute approximate surface area is 112 Å². The zero-order chi connectivity index (χ0) is 13.4. The van der Waals surface area contributed by atoms with Gasteiger partial charge in [-0.15, -0.1) is 0 Å². The molecule has 1 N–H and O–H groups in total. The maximum absolute atomic E-state index is 13.3. The molecule has 1 aromatic carbocycles. The monoisotopic (exact) mass is 288 g/mol. The zero-order valence-electron chi connectivity index (χ0n) is 9.12. The first-order valence-electron chi connectivity index (χ1n) is 4.85. The first kappa shape index (κ1) is 12.9. The molecule has 2 rings (SSSR count). The van der Waals surface area contributed by atoms with E-state index in [4.69, 9.17) is 28.3 Å². The van der Waals surface area contributed by atoms with Gasteiger partial charge in [0.2, 0.25) is 0 Å². The highest BCUT2D eigenvalue weighted by Crippen LogP contribution is 2.25. The lowest BCUT2D eigenvalue weighted by Crippen LogP contribution is -2.02. The van der Waals surface area contributed by atoms with Crippen LogP contribution in [-0.4, -0.2) is 20.9 Å². The fourth-order valence-corrected chi connectivity index (χ4v) is 1.80. The lowest BCUT2D eigenvalue weighted by atomic mass is 10.3. The molecule has 0 radical (unpaired) electrons. The van der Waals surface area contributed by atoms with Crippen molar-refractivity contribution in [2.75, 3.05) is 0 Å². The smallest absolute Gasteiger partial charge is 0.358 e. The van der Waals surface area contributed by atoms with Crippen molar-refractivity contribution in [1.29, 1.82) is 0 Å². The topological polar surface area (TPSA) is 55.1 Å². The van der Waals surface area contributed by atoms with Crippen LogP contribution in [0.15, 0.2) is 18.2 Å². The molecule has 0 aliphatic carbocycles. The summed E-state index contributed by atoms with van der Waals surface area (Å²) in [4.78, 5) is 10.9. The van der Waals surface area contributed by atoms with Gasteiger partial charge < -0.3 is 5.11 Å².